The van der Waals surface area contributed by atoms with Crippen LogP contribution >= 0.6 is 0 Å². The van der Waals surface area contributed by atoms with E-state index < -0.39 is 0 Å². The molecule has 4 heteroatoms. The number of ether oxygens (including phenoxy) is 1. The summed E-state index contributed by atoms with van der Waals surface area (Å²) in [6, 6.07) is 3.91. The summed E-state index contributed by atoms with van der Waals surface area (Å²) in [4.78, 5) is 0. The molecule has 0 amide bonds. The lowest BCUT2D eigenvalue weighted by Gasteiger charge is -2.29. The molecule has 1 N–H and O–H groups in total. The van der Waals surface area contributed by atoms with Gasteiger partial charge < -0.3 is 10.1 Å². The Morgan fingerprint density at radius 1 is 1.47 bits per heavy atom. The van der Waals surface area contributed by atoms with E-state index in [1.165, 1.54) is 0 Å². The first-order chi connectivity index (χ1) is 7.10. The molecule has 1 aliphatic rings. The third kappa shape index (κ3) is 2.09. The second-order valence-electron chi connectivity index (χ2n) is 4.37. The van der Waals surface area contributed by atoms with Crippen LogP contribution in [-0.4, -0.2) is 28.4 Å². The Labute approximate surface area is 90.1 Å². The first kappa shape index (κ1) is 10.4. The predicted octanol–water partition coefficient (Wildman–Crippen LogP) is 1.76. The lowest BCUT2D eigenvalue weighted by molar-refractivity contribution is 0.105. The fraction of sp³-hybridized carbons (Fsp3) is 0.636. The second kappa shape index (κ2) is 3.77. The molecule has 1 fully saturated rings. The average Bonchev–Trinajstić information content (AvgIpc) is 2.51. The van der Waals surface area contributed by atoms with Crippen LogP contribution in [0.2, 0.25) is 0 Å². The highest BCUT2D eigenvalue weighted by Gasteiger charge is 2.37. The van der Waals surface area contributed by atoms with Crippen molar-refractivity contribution < 1.29 is 4.74 Å². The molecule has 2 atom stereocenters. The van der Waals surface area contributed by atoms with Crippen molar-refractivity contribution >= 4 is 5.82 Å². The minimum absolute atomic E-state index is 0.0239. The molecule has 1 aromatic rings. The van der Waals surface area contributed by atoms with Crippen LogP contribution in [0.3, 0.4) is 0 Å². The highest BCUT2D eigenvalue weighted by molar-refractivity contribution is 5.37. The molecule has 2 heterocycles. The molecule has 0 bridgehead atoms. The minimum atomic E-state index is -0.0239. The smallest absolute Gasteiger partial charge is 0.149 e. The van der Waals surface area contributed by atoms with Crippen molar-refractivity contribution in [3.05, 3.63) is 17.8 Å². The highest BCUT2D eigenvalue weighted by atomic mass is 16.5. The molecule has 0 spiro atoms. The van der Waals surface area contributed by atoms with Crippen LogP contribution in [0.25, 0.3) is 0 Å². The monoisotopic (exact) mass is 207 g/mol. The van der Waals surface area contributed by atoms with Crippen LogP contribution in [-0.2, 0) is 4.74 Å². The van der Waals surface area contributed by atoms with Gasteiger partial charge in [-0.1, -0.05) is 0 Å². The molecule has 2 rings (SSSR count). The zero-order valence-electron chi connectivity index (χ0n) is 9.45. The Kier molecular flexibility index (Phi) is 2.61. The quantitative estimate of drug-likeness (QED) is 0.802. The Balaban J connectivity index is 2.11. The summed E-state index contributed by atoms with van der Waals surface area (Å²) in [5.74, 6) is 0.820. The van der Waals surface area contributed by atoms with Crippen molar-refractivity contribution in [3.63, 3.8) is 0 Å². The van der Waals surface area contributed by atoms with Gasteiger partial charge in [0.25, 0.3) is 0 Å². The van der Waals surface area contributed by atoms with E-state index in [0.29, 0.717) is 0 Å². The van der Waals surface area contributed by atoms with Gasteiger partial charge in [-0.2, -0.15) is 5.10 Å². The summed E-state index contributed by atoms with van der Waals surface area (Å²) in [6.07, 6.45) is 1.21. The molecule has 82 valence electrons. The number of aromatic nitrogens is 2. The molecule has 1 aliphatic heterocycles. The Morgan fingerprint density at radius 3 is 2.80 bits per heavy atom. The summed E-state index contributed by atoms with van der Waals surface area (Å²) < 4.78 is 5.55. The van der Waals surface area contributed by atoms with E-state index in [0.717, 1.165) is 24.5 Å². The summed E-state index contributed by atoms with van der Waals surface area (Å²) >= 11 is 0. The number of nitrogens with one attached hydrogen (secondary N) is 1. The second-order valence-corrected chi connectivity index (χ2v) is 4.37. The summed E-state index contributed by atoms with van der Waals surface area (Å²) in [5, 5.41) is 11.5. The third-order valence-electron chi connectivity index (χ3n) is 3.10. The van der Waals surface area contributed by atoms with Gasteiger partial charge in [0.1, 0.15) is 5.82 Å². The third-order valence-corrected chi connectivity index (χ3v) is 3.10. The van der Waals surface area contributed by atoms with Gasteiger partial charge in [-0.15, -0.1) is 5.10 Å². The molecule has 0 aliphatic carbocycles. The van der Waals surface area contributed by atoms with Crippen LogP contribution in [0.4, 0.5) is 5.82 Å². The number of nitrogens with zero attached hydrogens (tertiary/aromatic N) is 2. The molecule has 0 radical (unpaired) electrons. The first-order valence-corrected chi connectivity index (χ1v) is 5.30. The zero-order chi connectivity index (χ0) is 10.9. The number of aryl methyl sites for hydroxylation is 1. The van der Waals surface area contributed by atoms with Gasteiger partial charge in [0.2, 0.25) is 0 Å². The number of hydrogen-bond donors (Lipinski definition) is 1. The van der Waals surface area contributed by atoms with E-state index in [1.54, 1.807) is 0 Å². The molecule has 0 saturated carbocycles. The highest BCUT2D eigenvalue weighted by Crippen LogP contribution is 2.28. The van der Waals surface area contributed by atoms with Gasteiger partial charge in [0.05, 0.1) is 17.3 Å². The number of hydrogen-bond acceptors (Lipinski definition) is 4. The lowest BCUT2D eigenvalue weighted by atomic mass is 9.95. The van der Waals surface area contributed by atoms with Gasteiger partial charge in [0.15, 0.2) is 0 Å². The van der Waals surface area contributed by atoms with Crippen LogP contribution in [0, 0.1) is 6.92 Å². The largest absolute Gasteiger partial charge is 0.376 e. The molecule has 1 aromatic heterocycles. The van der Waals surface area contributed by atoms with E-state index in [1.807, 2.05) is 19.1 Å². The SMILES string of the molecule is Cc1ccc(NC2(C)CCOC2C)nn1. The van der Waals surface area contributed by atoms with E-state index in [4.69, 9.17) is 4.74 Å². The Hall–Kier alpha value is -1.16. The Morgan fingerprint density at radius 2 is 2.27 bits per heavy atom. The summed E-state index contributed by atoms with van der Waals surface area (Å²) in [5.41, 5.74) is 0.908. The number of rotatable bonds is 2. The molecule has 2 unspecified atom stereocenters. The fourth-order valence-electron chi connectivity index (χ4n) is 1.76. The molecule has 4 nitrogen and oxygen atoms in total. The lowest BCUT2D eigenvalue weighted by Crippen LogP contribution is -2.41. The van der Waals surface area contributed by atoms with Crippen LogP contribution in [0.1, 0.15) is 26.0 Å². The minimum Gasteiger partial charge on any atom is -0.376 e. The maximum atomic E-state index is 5.55. The normalized spacial score (nSPS) is 30.5. The predicted molar refractivity (Wildman–Crippen MR) is 58.8 cm³/mol. The molecular formula is C11H17N3O. The summed E-state index contributed by atoms with van der Waals surface area (Å²) in [6.45, 7) is 6.98. The Bertz CT molecular complexity index is 338. The van der Waals surface area contributed by atoms with Crippen molar-refractivity contribution in [2.75, 3.05) is 11.9 Å². The van der Waals surface area contributed by atoms with Gasteiger partial charge in [-0.25, -0.2) is 0 Å². The van der Waals surface area contributed by atoms with Gasteiger partial charge in [-0.3, -0.25) is 0 Å². The molecule has 15 heavy (non-hydrogen) atoms. The van der Waals surface area contributed by atoms with Crippen molar-refractivity contribution in [2.24, 2.45) is 0 Å². The van der Waals surface area contributed by atoms with Crippen molar-refractivity contribution in [3.8, 4) is 0 Å². The van der Waals surface area contributed by atoms with Gasteiger partial charge >= 0.3 is 0 Å². The van der Waals surface area contributed by atoms with Crippen molar-refractivity contribution in [2.45, 2.75) is 38.8 Å². The van der Waals surface area contributed by atoms with E-state index in [2.05, 4.69) is 29.4 Å². The topological polar surface area (TPSA) is 47.0 Å². The van der Waals surface area contributed by atoms with Gasteiger partial charge in [-0.05, 0) is 39.3 Å². The molecular weight excluding hydrogens is 190 g/mol. The van der Waals surface area contributed by atoms with E-state index >= 15 is 0 Å². The van der Waals surface area contributed by atoms with Crippen LogP contribution in [0.5, 0.6) is 0 Å². The maximum absolute atomic E-state index is 5.55. The summed E-state index contributed by atoms with van der Waals surface area (Å²) in [7, 11) is 0. The van der Waals surface area contributed by atoms with E-state index in [9.17, 15) is 0 Å². The zero-order valence-corrected chi connectivity index (χ0v) is 9.45. The fourth-order valence-corrected chi connectivity index (χ4v) is 1.76. The van der Waals surface area contributed by atoms with Crippen molar-refractivity contribution in [1.82, 2.24) is 10.2 Å². The van der Waals surface area contributed by atoms with Gasteiger partial charge in [0, 0.05) is 6.61 Å². The standard InChI is InChI=1S/C11H17N3O/c1-8-4-5-10(14-13-8)12-11(3)6-7-15-9(11)2/h4-5,9H,6-7H2,1-3H3,(H,12,14). The molecule has 1 saturated heterocycles. The van der Waals surface area contributed by atoms with E-state index in [-0.39, 0.29) is 11.6 Å². The van der Waals surface area contributed by atoms with Crippen LogP contribution < -0.4 is 5.32 Å². The van der Waals surface area contributed by atoms with Crippen molar-refractivity contribution in [1.29, 1.82) is 0 Å². The molecule has 0 aromatic carbocycles. The first-order valence-electron chi connectivity index (χ1n) is 5.30. The maximum Gasteiger partial charge on any atom is 0.149 e. The number of anilines is 1. The average molecular weight is 207 g/mol. The van der Waals surface area contributed by atoms with Crippen LogP contribution in [0.15, 0.2) is 12.1 Å².